The smallest absolute Gasteiger partial charge is 0.270 e. The van der Waals surface area contributed by atoms with E-state index in [1.807, 2.05) is 62.8 Å². The number of carbonyl (C=O) groups excluding carboxylic acids is 2. The van der Waals surface area contributed by atoms with E-state index in [-0.39, 0.29) is 23.8 Å². The molecule has 0 saturated carbocycles. The van der Waals surface area contributed by atoms with Crippen molar-refractivity contribution >= 4 is 17.5 Å². The lowest BCUT2D eigenvalue weighted by molar-refractivity contribution is 0.0694. The summed E-state index contributed by atoms with van der Waals surface area (Å²) in [6.45, 7) is 2.58. The molecule has 0 aliphatic carbocycles. The van der Waals surface area contributed by atoms with Gasteiger partial charge >= 0.3 is 0 Å². The zero-order chi connectivity index (χ0) is 23.4. The van der Waals surface area contributed by atoms with E-state index >= 15 is 0 Å². The Bertz CT molecular complexity index is 1240. The van der Waals surface area contributed by atoms with Crippen LogP contribution in [0.15, 0.2) is 79.3 Å². The molecular weight excluding hydrogens is 414 g/mol. The number of amides is 2. The fraction of sp³-hybridized carbons (Fsp3) is 0.269. The van der Waals surface area contributed by atoms with Gasteiger partial charge in [-0.05, 0) is 36.2 Å². The van der Waals surface area contributed by atoms with Gasteiger partial charge in [0, 0.05) is 51.2 Å². The molecule has 0 radical (unpaired) electrons. The second kappa shape index (κ2) is 9.73. The molecular formula is C26H29N5O2. The zero-order valence-corrected chi connectivity index (χ0v) is 19.2. The number of nitrogens with one attached hydrogen (secondary N) is 1. The van der Waals surface area contributed by atoms with Crippen LogP contribution in [0.25, 0.3) is 5.65 Å². The largest absolute Gasteiger partial charge is 0.351 e. The molecule has 0 fully saturated rings. The maximum Gasteiger partial charge on any atom is 0.270 e. The molecule has 7 nitrogen and oxygen atoms in total. The third-order valence-electron chi connectivity index (χ3n) is 6.27. The minimum Gasteiger partial charge on any atom is -0.351 e. The molecule has 1 N–H and O–H groups in total. The molecule has 0 spiro atoms. The first-order valence-electron chi connectivity index (χ1n) is 11.1. The van der Waals surface area contributed by atoms with Crippen LogP contribution < -0.4 is 5.32 Å². The van der Waals surface area contributed by atoms with Gasteiger partial charge in [0.15, 0.2) is 0 Å². The van der Waals surface area contributed by atoms with Crippen molar-refractivity contribution in [3.8, 4) is 0 Å². The Labute approximate surface area is 193 Å². The summed E-state index contributed by atoms with van der Waals surface area (Å²) in [5.41, 5.74) is 3.05. The van der Waals surface area contributed by atoms with Gasteiger partial charge in [0.05, 0.1) is 0 Å². The van der Waals surface area contributed by atoms with Crippen molar-refractivity contribution in [1.29, 1.82) is 0 Å². The minimum atomic E-state index is -0.120. The van der Waals surface area contributed by atoms with Crippen LogP contribution in [0.1, 0.15) is 45.8 Å². The van der Waals surface area contributed by atoms with Crippen molar-refractivity contribution < 1.29 is 9.59 Å². The highest BCUT2D eigenvalue weighted by Gasteiger charge is 2.28. The third-order valence-corrected chi connectivity index (χ3v) is 6.27. The fourth-order valence-corrected chi connectivity index (χ4v) is 4.33. The molecule has 4 rings (SSSR count). The predicted octanol–water partition coefficient (Wildman–Crippen LogP) is 3.74. The van der Waals surface area contributed by atoms with E-state index in [0.717, 1.165) is 11.2 Å². The molecule has 1 aromatic carbocycles. The highest BCUT2D eigenvalue weighted by atomic mass is 16.2. The quantitative estimate of drug-likeness (QED) is 0.451. The molecule has 3 heterocycles. The highest BCUT2D eigenvalue weighted by molar-refractivity contribution is 5.93. The van der Waals surface area contributed by atoms with Crippen molar-refractivity contribution in [3.05, 3.63) is 96.2 Å². The summed E-state index contributed by atoms with van der Waals surface area (Å²) in [7, 11) is 3.68. The Hall–Kier alpha value is -3.87. The fourth-order valence-electron chi connectivity index (χ4n) is 4.33. The highest BCUT2D eigenvalue weighted by Crippen LogP contribution is 2.26. The van der Waals surface area contributed by atoms with Gasteiger partial charge in [-0.3, -0.25) is 14.0 Å². The van der Waals surface area contributed by atoms with E-state index in [1.54, 1.807) is 32.3 Å². The number of likely N-dealkylation sites (N-methyl/N-ethyl adjacent to an activating group) is 1. The number of benzene rings is 1. The SMILES string of the molecule is CC(c1ccccc1)C(CCNC(=O)c1cccn1C)N(C)C(=O)c1cccc2nccn12. The standard InChI is InChI=1S/C26H29N5O2/c1-19(20-9-5-4-6-10-20)21(14-15-28-25(32)22-12-8-17-29(22)2)30(3)26(33)23-11-7-13-24-27-16-18-31(23)24/h4-13,16-19,21H,14-15H2,1-3H3,(H,28,32). The number of pyridine rings is 1. The van der Waals surface area contributed by atoms with Crippen molar-refractivity contribution in [1.82, 2.24) is 24.2 Å². The topological polar surface area (TPSA) is 71.6 Å². The van der Waals surface area contributed by atoms with Gasteiger partial charge in [-0.1, -0.05) is 43.3 Å². The molecule has 3 aromatic heterocycles. The number of imidazole rings is 1. The third kappa shape index (κ3) is 4.67. The summed E-state index contributed by atoms with van der Waals surface area (Å²) in [6.07, 6.45) is 5.95. The summed E-state index contributed by atoms with van der Waals surface area (Å²) >= 11 is 0. The van der Waals surface area contributed by atoms with Crippen LogP contribution in [0.5, 0.6) is 0 Å². The van der Waals surface area contributed by atoms with E-state index in [9.17, 15) is 9.59 Å². The van der Waals surface area contributed by atoms with Crippen LogP contribution in [0.4, 0.5) is 0 Å². The van der Waals surface area contributed by atoms with E-state index in [2.05, 4.69) is 29.4 Å². The van der Waals surface area contributed by atoms with Crippen LogP contribution >= 0.6 is 0 Å². The summed E-state index contributed by atoms with van der Waals surface area (Å²) in [5, 5.41) is 3.01. The molecule has 0 bridgehead atoms. The van der Waals surface area contributed by atoms with Crippen LogP contribution in [0, 0.1) is 0 Å². The maximum atomic E-state index is 13.5. The normalized spacial score (nSPS) is 12.9. The van der Waals surface area contributed by atoms with Crippen LogP contribution in [0.3, 0.4) is 0 Å². The number of rotatable bonds is 8. The van der Waals surface area contributed by atoms with Crippen molar-refractivity contribution in [3.63, 3.8) is 0 Å². The molecule has 2 atom stereocenters. The Kier molecular flexibility index (Phi) is 6.58. The molecule has 170 valence electrons. The van der Waals surface area contributed by atoms with E-state index in [0.29, 0.717) is 24.4 Å². The van der Waals surface area contributed by atoms with Gasteiger partial charge in [-0.25, -0.2) is 4.98 Å². The molecule has 4 aromatic rings. The van der Waals surface area contributed by atoms with Crippen LogP contribution in [0.2, 0.25) is 0 Å². The summed E-state index contributed by atoms with van der Waals surface area (Å²) in [6, 6.07) is 19.2. The summed E-state index contributed by atoms with van der Waals surface area (Å²) in [5.74, 6) is -0.125. The number of hydrogen-bond acceptors (Lipinski definition) is 3. The number of fused-ring (bicyclic) bond motifs is 1. The number of aromatic nitrogens is 3. The van der Waals surface area contributed by atoms with Crippen LogP contribution in [-0.2, 0) is 7.05 Å². The first-order chi connectivity index (χ1) is 16.0. The van der Waals surface area contributed by atoms with Gasteiger partial charge in [-0.2, -0.15) is 0 Å². The van der Waals surface area contributed by atoms with E-state index < -0.39 is 0 Å². The lowest BCUT2D eigenvalue weighted by Crippen LogP contribution is -2.43. The number of nitrogens with zero attached hydrogens (tertiary/aromatic N) is 4. The van der Waals surface area contributed by atoms with Gasteiger partial charge in [-0.15, -0.1) is 0 Å². The maximum absolute atomic E-state index is 13.5. The van der Waals surface area contributed by atoms with Crippen molar-refractivity contribution in [2.24, 2.45) is 7.05 Å². The Morgan fingerprint density at radius 1 is 1.00 bits per heavy atom. The first kappa shape index (κ1) is 22.3. The molecule has 0 saturated heterocycles. The Morgan fingerprint density at radius 2 is 1.76 bits per heavy atom. The summed E-state index contributed by atoms with van der Waals surface area (Å²) < 4.78 is 3.60. The van der Waals surface area contributed by atoms with Gasteiger partial charge in [0.25, 0.3) is 11.8 Å². The average molecular weight is 444 g/mol. The first-order valence-corrected chi connectivity index (χ1v) is 11.1. The van der Waals surface area contributed by atoms with Gasteiger partial charge in [0.2, 0.25) is 0 Å². The number of aryl methyl sites for hydroxylation is 1. The second-order valence-electron chi connectivity index (χ2n) is 8.30. The molecule has 2 unspecified atom stereocenters. The second-order valence-corrected chi connectivity index (χ2v) is 8.30. The van der Waals surface area contributed by atoms with E-state index in [4.69, 9.17) is 0 Å². The molecule has 2 amide bonds. The number of hydrogen-bond donors (Lipinski definition) is 1. The lowest BCUT2D eigenvalue weighted by atomic mass is 9.90. The average Bonchev–Trinajstić information content (AvgIpc) is 3.49. The van der Waals surface area contributed by atoms with Gasteiger partial charge in [0.1, 0.15) is 17.0 Å². The monoisotopic (exact) mass is 443 g/mol. The Balaban J connectivity index is 1.55. The molecule has 0 aliphatic heterocycles. The predicted molar refractivity (Wildman–Crippen MR) is 128 cm³/mol. The minimum absolute atomic E-state index is 0.0779. The molecule has 7 heteroatoms. The van der Waals surface area contributed by atoms with E-state index in [1.165, 1.54) is 0 Å². The lowest BCUT2D eigenvalue weighted by Gasteiger charge is -2.33. The summed E-state index contributed by atoms with van der Waals surface area (Å²) in [4.78, 5) is 32.2. The van der Waals surface area contributed by atoms with Gasteiger partial charge < -0.3 is 14.8 Å². The zero-order valence-electron chi connectivity index (χ0n) is 19.2. The molecule has 33 heavy (non-hydrogen) atoms. The van der Waals surface area contributed by atoms with Crippen molar-refractivity contribution in [2.75, 3.05) is 13.6 Å². The number of carbonyl (C=O) groups is 2. The van der Waals surface area contributed by atoms with Crippen molar-refractivity contribution in [2.45, 2.75) is 25.3 Å². The Morgan fingerprint density at radius 3 is 2.48 bits per heavy atom. The molecule has 0 aliphatic rings. The van der Waals surface area contributed by atoms with Crippen LogP contribution in [-0.4, -0.2) is 50.3 Å².